The van der Waals surface area contributed by atoms with Gasteiger partial charge in [-0.15, -0.1) is 11.6 Å². The first-order chi connectivity index (χ1) is 8.84. The fraction of sp³-hybridized carbons (Fsp3) is 0.533. The molecule has 0 spiro atoms. The fourth-order valence-corrected chi connectivity index (χ4v) is 1.55. The summed E-state index contributed by atoms with van der Waals surface area (Å²) in [5, 5.41) is 2.89. The van der Waals surface area contributed by atoms with Gasteiger partial charge in [-0.25, -0.2) is 0 Å². The van der Waals surface area contributed by atoms with E-state index in [-0.39, 0.29) is 17.4 Å². The Morgan fingerprint density at radius 1 is 1.42 bits per heavy atom. The van der Waals surface area contributed by atoms with E-state index in [1.807, 2.05) is 39.8 Å². The molecule has 3 nitrogen and oxygen atoms in total. The van der Waals surface area contributed by atoms with Crippen molar-refractivity contribution in [2.24, 2.45) is 5.41 Å². The number of hydrogen-bond acceptors (Lipinski definition) is 2. The molecule has 0 radical (unpaired) electrons. The predicted molar refractivity (Wildman–Crippen MR) is 79.0 cm³/mol. The van der Waals surface area contributed by atoms with Crippen LogP contribution in [0.2, 0.25) is 0 Å². The molecule has 0 bridgehead atoms. The lowest BCUT2D eigenvalue weighted by molar-refractivity contribution is 0.0939. The molecule has 1 N–H and O–H groups in total. The molecule has 0 fully saturated rings. The van der Waals surface area contributed by atoms with Crippen molar-refractivity contribution in [3.05, 3.63) is 29.8 Å². The van der Waals surface area contributed by atoms with Crippen LogP contribution in [0.3, 0.4) is 0 Å². The van der Waals surface area contributed by atoms with E-state index in [2.05, 4.69) is 5.32 Å². The number of nitrogens with one attached hydrogen (secondary N) is 1. The van der Waals surface area contributed by atoms with Gasteiger partial charge in [0, 0.05) is 18.0 Å². The molecule has 1 aromatic rings. The van der Waals surface area contributed by atoms with Crippen molar-refractivity contribution in [1.82, 2.24) is 5.32 Å². The van der Waals surface area contributed by atoms with E-state index in [0.717, 1.165) is 0 Å². The Morgan fingerprint density at radius 3 is 2.68 bits per heavy atom. The van der Waals surface area contributed by atoms with Crippen molar-refractivity contribution in [3.63, 3.8) is 0 Å². The average Bonchev–Trinajstić information content (AvgIpc) is 2.35. The lowest BCUT2D eigenvalue weighted by Gasteiger charge is -2.21. The molecule has 1 amide bonds. The summed E-state index contributed by atoms with van der Waals surface area (Å²) in [6, 6.07) is 7.19. The van der Waals surface area contributed by atoms with Crippen molar-refractivity contribution in [1.29, 1.82) is 0 Å². The summed E-state index contributed by atoms with van der Waals surface area (Å²) < 4.78 is 5.57. The molecule has 0 aliphatic rings. The number of hydrogen-bond donors (Lipinski definition) is 1. The van der Waals surface area contributed by atoms with Gasteiger partial charge in [0.05, 0.1) is 6.10 Å². The quantitative estimate of drug-likeness (QED) is 0.812. The van der Waals surface area contributed by atoms with Crippen molar-refractivity contribution in [3.8, 4) is 5.75 Å². The van der Waals surface area contributed by atoms with Gasteiger partial charge < -0.3 is 10.1 Å². The van der Waals surface area contributed by atoms with Crippen LogP contribution >= 0.6 is 11.6 Å². The zero-order valence-electron chi connectivity index (χ0n) is 12.0. The van der Waals surface area contributed by atoms with Gasteiger partial charge in [0.15, 0.2) is 0 Å². The molecule has 19 heavy (non-hydrogen) atoms. The number of carbonyl (C=O) groups excluding carboxylic acids is 1. The summed E-state index contributed by atoms with van der Waals surface area (Å²) in [6.07, 6.45) is 0.0912. The summed E-state index contributed by atoms with van der Waals surface area (Å²) in [5.74, 6) is 1.11. The monoisotopic (exact) mass is 283 g/mol. The summed E-state index contributed by atoms with van der Waals surface area (Å²) in [5.41, 5.74) is 0.493. The van der Waals surface area contributed by atoms with E-state index < -0.39 is 0 Å². The highest BCUT2D eigenvalue weighted by Crippen LogP contribution is 2.17. The van der Waals surface area contributed by atoms with Crippen molar-refractivity contribution in [2.45, 2.75) is 33.8 Å². The van der Waals surface area contributed by atoms with Crippen LogP contribution in [-0.2, 0) is 0 Å². The zero-order valence-corrected chi connectivity index (χ0v) is 12.8. The standard InChI is InChI=1S/C15H22ClNO2/c1-11(2)19-13-7-5-6-12(8-13)14(18)17-10-15(3,4)9-16/h5-8,11H,9-10H2,1-4H3,(H,17,18). The second kappa shape index (κ2) is 6.80. The summed E-state index contributed by atoms with van der Waals surface area (Å²) in [4.78, 5) is 12.0. The molecule has 0 aromatic heterocycles. The third-order valence-corrected chi connectivity index (χ3v) is 3.28. The smallest absolute Gasteiger partial charge is 0.251 e. The molecule has 0 aliphatic carbocycles. The second-order valence-electron chi connectivity index (χ2n) is 5.67. The molecule has 0 atom stereocenters. The molecule has 0 saturated carbocycles. The summed E-state index contributed by atoms with van der Waals surface area (Å²) in [7, 11) is 0. The minimum absolute atomic E-state index is 0.0912. The fourth-order valence-electron chi connectivity index (χ4n) is 1.45. The first kappa shape index (κ1) is 15.8. The van der Waals surface area contributed by atoms with E-state index in [1.54, 1.807) is 12.1 Å². The van der Waals surface area contributed by atoms with Gasteiger partial charge in [0.1, 0.15) is 5.75 Å². The van der Waals surface area contributed by atoms with E-state index in [4.69, 9.17) is 16.3 Å². The molecule has 0 saturated heterocycles. The normalized spacial score (nSPS) is 11.5. The molecule has 1 aromatic carbocycles. The van der Waals surface area contributed by atoms with Gasteiger partial charge in [-0.1, -0.05) is 19.9 Å². The number of halogens is 1. The van der Waals surface area contributed by atoms with E-state index in [9.17, 15) is 4.79 Å². The highest BCUT2D eigenvalue weighted by molar-refractivity contribution is 6.18. The summed E-state index contributed by atoms with van der Waals surface area (Å²) >= 11 is 5.83. The minimum atomic E-state index is -0.108. The van der Waals surface area contributed by atoms with Crippen LogP contribution in [0.5, 0.6) is 5.75 Å². The van der Waals surface area contributed by atoms with Crippen LogP contribution in [0.25, 0.3) is 0 Å². The van der Waals surface area contributed by atoms with Gasteiger partial charge in [-0.05, 0) is 37.5 Å². The Balaban J connectivity index is 2.67. The topological polar surface area (TPSA) is 38.3 Å². The highest BCUT2D eigenvalue weighted by Gasteiger charge is 2.18. The van der Waals surface area contributed by atoms with Crippen molar-refractivity contribution in [2.75, 3.05) is 12.4 Å². The SMILES string of the molecule is CC(C)Oc1cccc(C(=O)NCC(C)(C)CCl)c1. The Hall–Kier alpha value is -1.22. The van der Waals surface area contributed by atoms with Crippen molar-refractivity contribution < 1.29 is 9.53 Å². The maximum Gasteiger partial charge on any atom is 0.251 e. The van der Waals surface area contributed by atoms with Gasteiger partial charge in [0.2, 0.25) is 0 Å². The van der Waals surface area contributed by atoms with Crippen LogP contribution in [-0.4, -0.2) is 24.4 Å². The third-order valence-electron chi connectivity index (χ3n) is 2.56. The lowest BCUT2D eigenvalue weighted by Crippen LogP contribution is -2.35. The Kier molecular flexibility index (Phi) is 5.67. The van der Waals surface area contributed by atoms with Gasteiger partial charge >= 0.3 is 0 Å². The minimum Gasteiger partial charge on any atom is -0.491 e. The number of alkyl halides is 1. The first-order valence-electron chi connectivity index (χ1n) is 6.45. The lowest BCUT2D eigenvalue weighted by atomic mass is 9.96. The van der Waals surface area contributed by atoms with E-state index in [1.165, 1.54) is 0 Å². The third kappa shape index (κ3) is 5.52. The molecule has 1 rings (SSSR count). The zero-order chi connectivity index (χ0) is 14.5. The van der Waals surface area contributed by atoms with Crippen LogP contribution in [0.4, 0.5) is 0 Å². The molecule has 0 unspecified atom stereocenters. The molecule has 0 aliphatic heterocycles. The number of rotatable bonds is 6. The maximum absolute atomic E-state index is 12.0. The molecule has 4 heteroatoms. The number of carbonyl (C=O) groups is 1. The molecule has 106 valence electrons. The van der Waals surface area contributed by atoms with Gasteiger partial charge in [-0.3, -0.25) is 4.79 Å². The van der Waals surface area contributed by atoms with E-state index in [0.29, 0.717) is 23.7 Å². The van der Waals surface area contributed by atoms with Gasteiger partial charge in [0.25, 0.3) is 5.91 Å². The first-order valence-corrected chi connectivity index (χ1v) is 6.98. The Labute approximate surface area is 120 Å². The summed E-state index contributed by atoms with van der Waals surface area (Å²) in [6.45, 7) is 8.48. The Bertz CT molecular complexity index is 430. The maximum atomic E-state index is 12.0. The average molecular weight is 284 g/mol. The van der Waals surface area contributed by atoms with Gasteiger partial charge in [-0.2, -0.15) is 0 Å². The number of ether oxygens (including phenoxy) is 1. The van der Waals surface area contributed by atoms with Crippen LogP contribution < -0.4 is 10.1 Å². The van der Waals surface area contributed by atoms with Crippen LogP contribution in [0.15, 0.2) is 24.3 Å². The molecular weight excluding hydrogens is 262 g/mol. The number of benzene rings is 1. The number of amides is 1. The van der Waals surface area contributed by atoms with Crippen molar-refractivity contribution >= 4 is 17.5 Å². The largest absolute Gasteiger partial charge is 0.491 e. The van der Waals surface area contributed by atoms with Crippen LogP contribution in [0.1, 0.15) is 38.1 Å². The van der Waals surface area contributed by atoms with E-state index >= 15 is 0 Å². The molecule has 0 heterocycles. The predicted octanol–water partition coefficient (Wildman–Crippen LogP) is 3.47. The van der Waals surface area contributed by atoms with Crippen LogP contribution in [0, 0.1) is 5.41 Å². The Morgan fingerprint density at radius 2 is 2.11 bits per heavy atom. The highest BCUT2D eigenvalue weighted by atomic mass is 35.5. The second-order valence-corrected chi connectivity index (χ2v) is 5.94. The molecular formula is C15H22ClNO2.